The molecule has 0 aromatic heterocycles. The maximum Gasteiger partial charge on any atom is 0.254 e. The molecule has 2 aliphatic heterocycles. The normalized spacial score (nSPS) is 23.3. The lowest BCUT2D eigenvalue weighted by atomic mass is 9.96. The molecular weight excluding hydrogens is 498 g/mol. The Morgan fingerprint density at radius 2 is 1.72 bits per heavy atom. The monoisotopic (exact) mass is 531 g/mol. The second-order valence-electron chi connectivity index (χ2n) is 9.85. The van der Waals surface area contributed by atoms with Gasteiger partial charge in [0.1, 0.15) is 6.04 Å². The van der Waals surface area contributed by atoms with E-state index >= 15 is 0 Å². The molecule has 3 atom stereocenters. The van der Waals surface area contributed by atoms with Gasteiger partial charge in [0, 0.05) is 35.8 Å². The van der Waals surface area contributed by atoms with Crippen LogP contribution in [-0.2, 0) is 21.4 Å². The molecule has 2 amide bonds. The van der Waals surface area contributed by atoms with Crippen molar-refractivity contribution in [3.8, 4) is 0 Å². The number of nitrogens with zero attached hydrogens (tertiary/aromatic N) is 2. The molecular formula is C27H34ClN3O4S. The van der Waals surface area contributed by atoms with Gasteiger partial charge in [0.25, 0.3) is 5.91 Å². The molecule has 2 aromatic rings. The highest BCUT2D eigenvalue weighted by Gasteiger charge is 2.37. The van der Waals surface area contributed by atoms with Crippen molar-refractivity contribution in [1.29, 1.82) is 0 Å². The highest BCUT2D eigenvalue weighted by molar-refractivity contribution is 7.89. The van der Waals surface area contributed by atoms with Crippen LogP contribution in [0.4, 0.5) is 0 Å². The number of carbonyl (C=O) groups is 2. The molecule has 0 spiro atoms. The van der Waals surface area contributed by atoms with E-state index in [4.69, 9.17) is 11.6 Å². The number of benzene rings is 2. The van der Waals surface area contributed by atoms with E-state index in [1.165, 1.54) is 28.6 Å². The number of piperidine rings is 1. The second kappa shape index (κ2) is 11.3. The SMILES string of the molecule is CC1CCCC(C)N1C(=O)c1cccc(CN(C2CCCCNC2=O)S(=O)(=O)c2ccc(Cl)cc2)c1. The molecule has 1 N–H and O–H groups in total. The van der Waals surface area contributed by atoms with Gasteiger partial charge in [-0.2, -0.15) is 4.31 Å². The third kappa shape index (κ3) is 5.76. The van der Waals surface area contributed by atoms with Crippen LogP contribution in [0, 0.1) is 0 Å². The topological polar surface area (TPSA) is 86.8 Å². The van der Waals surface area contributed by atoms with Crippen molar-refractivity contribution in [2.75, 3.05) is 6.54 Å². The molecule has 0 bridgehead atoms. The first-order valence-corrected chi connectivity index (χ1v) is 14.5. The summed E-state index contributed by atoms with van der Waals surface area (Å²) in [5.41, 5.74) is 1.19. The van der Waals surface area contributed by atoms with Crippen LogP contribution in [0.2, 0.25) is 5.02 Å². The Balaban J connectivity index is 1.68. The van der Waals surface area contributed by atoms with Crippen molar-refractivity contribution in [3.05, 3.63) is 64.7 Å². The van der Waals surface area contributed by atoms with Gasteiger partial charge in [-0.25, -0.2) is 8.42 Å². The number of hydrogen-bond donors (Lipinski definition) is 1. The molecule has 2 aromatic carbocycles. The average molecular weight is 532 g/mol. The molecule has 9 heteroatoms. The van der Waals surface area contributed by atoms with E-state index in [1.54, 1.807) is 24.3 Å². The number of halogens is 1. The van der Waals surface area contributed by atoms with Crippen LogP contribution in [0.25, 0.3) is 0 Å². The third-order valence-corrected chi connectivity index (χ3v) is 9.34. The van der Waals surface area contributed by atoms with Gasteiger partial charge < -0.3 is 10.2 Å². The van der Waals surface area contributed by atoms with Gasteiger partial charge in [-0.15, -0.1) is 0 Å². The Bertz CT molecular complexity index is 1190. The number of hydrogen-bond acceptors (Lipinski definition) is 4. The van der Waals surface area contributed by atoms with E-state index in [0.717, 1.165) is 32.1 Å². The first kappa shape index (κ1) is 26.6. The zero-order valence-corrected chi connectivity index (χ0v) is 22.4. The van der Waals surface area contributed by atoms with Crippen molar-refractivity contribution < 1.29 is 18.0 Å². The summed E-state index contributed by atoms with van der Waals surface area (Å²) in [6.07, 6.45) is 5.01. The number of nitrogens with one attached hydrogen (secondary N) is 1. The van der Waals surface area contributed by atoms with Crippen molar-refractivity contribution in [2.45, 2.75) is 81.9 Å². The lowest BCUT2D eigenvalue weighted by molar-refractivity contribution is -0.124. The predicted octanol–water partition coefficient (Wildman–Crippen LogP) is 4.60. The molecule has 194 valence electrons. The first-order chi connectivity index (χ1) is 17.2. The Kier molecular flexibility index (Phi) is 8.37. The fourth-order valence-electron chi connectivity index (χ4n) is 5.26. The molecule has 0 saturated carbocycles. The quantitative estimate of drug-likeness (QED) is 0.590. The Hall–Kier alpha value is -2.42. The fraction of sp³-hybridized carbons (Fsp3) is 0.481. The molecule has 36 heavy (non-hydrogen) atoms. The summed E-state index contributed by atoms with van der Waals surface area (Å²) in [5, 5.41) is 3.28. The number of rotatable bonds is 6. The highest BCUT2D eigenvalue weighted by atomic mass is 35.5. The van der Waals surface area contributed by atoms with Gasteiger partial charge in [-0.1, -0.05) is 23.7 Å². The molecule has 0 aliphatic carbocycles. The van der Waals surface area contributed by atoms with E-state index in [2.05, 4.69) is 19.2 Å². The Morgan fingerprint density at radius 1 is 1.03 bits per heavy atom. The van der Waals surface area contributed by atoms with E-state index < -0.39 is 16.1 Å². The molecule has 2 heterocycles. The number of amides is 2. The molecule has 0 radical (unpaired) electrons. The van der Waals surface area contributed by atoms with Gasteiger partial charge in [0.15, 0.2) is 0 Å². The molecule has 2 aliphatic rings. The van der Waals surface area contributed by atoms with Crippen LogP contribution >= 0.6 is 11.6 Å². The van der Waals surface area contributed by atoms with Gasteiger partial charge in [-0.05, 0) is 94.3 Å². The van der Waals surface area contributed by atoms with Crippen LogP contribution in [0.15, 0.2) is 53.4 Å². The Morgan fingerprint density at radius 3 is 2.42 bits per heavy atom. The summed E-state index contributed by atoms with van der Waals surface area (Å²) in [6, 6.07) is 12.6. The van der Waals surface area contributed by atoms with Gasteiger partial charge in [0.2, 0.25) is 15.9 Å². The summed E-state index contributed by atoms with van der Waals surface area (Å²) < 4.78 is 28.8. The lowest BCUT2D eigenvalue weighted by Crippen LogP contribution is -2.48. The zero-order valence-electron chi connectivity index (χ0n) is 20.8. The van der Waals surface area contributed by atoms with Gasteiger partial charge in [-0.3, -0.25) is 9.59 Å². The minimum absolute atomic E-state index is 0.0186. The lowest BCUT2D eigenvalue weighted by Gasteiger charge is -2.39. The smallest absolute Gasteiger partial charge is 0.254 e. The average Bonchev–Trinajstić information content (AvgIpc) is 3.06. The van der Waals surface area contributed by atoms with Crippen LogP contribution in [0.1, 0.15) is 68.3 Å². The standard InChI is InChI=1S/C27H34ClN3O4S/c1-19-7-5-8-20(2)31(19)27(33)22-10-6-9-21(17-22)18-30(25-11-3-4-16-29-26(25)32)36(34,35)24-14-12-23(28)13-15-24/h6,9-10,12-15,17,19-20,25H,3-5,7-8,11,16,18H2,1-2H3,(H,29,32). The van der Waals surface area contributed by atoms with Gasteiger partial charge >= 0.3 is 0 Å². The minimum atomic E-state index is -4.02. The maximum atomic E-state index is 13.8. The van der Waals surface area contributed by atoms with E-state index in [-0.39, 0.29) is 35.3 Å². The van der Waals surface area contributed by atoms with Crippen molar-refractivity contribution in [3.63, 3.8) is 0 Å². The van der Waals surface area contributed by atoms with E-state index in [1.807, 2.05) is 4.90 Å². The van der Waals surface area contributed by atoms with Crippen LogP contribution < -0.4 is 5.32 Å². The largest absolute Gasteiger partial charge is 0.355 e. The molecule has 2 saturated heterocycles. The second-order valence-corrected chi connectivity index (χ2v) is 12.2. The molecule has 7 nitrogen and oxygen atoms in total. The fourth-order valence-corrected chi connectivity index (χ4v) is 6.99. The Labute approximate surface area is 218 Å². The summed E-state index contributed by atoms with van der Waals surface area (Å²) in [7, 11) is -4.02. The van der Waals surface area contributed by atoms with Gasteiger partial charge in [0.05, 0.1) is 4.90 Å². The minimum Gasteiger partial charge on any atom is -0.355 e. The third-order valence-electron chi connectivity index (χ3n) is 7.21. The highest BCUT2D eigenvalue weighted by Crippen LogP contribution is 2.28. The van der Waals surface area contributed by atoms with E-state index in [9.17, 15) is 18.0 Å². The van der Waals surface area contributed by atoms with Crippen LogP contribution in [0.5, 0.6) is 0 Å². The predicted molar refractivity (Wildman–Crippen MR) is 140 cm³/mol. The molecule has 2 fully saturated rings. The van der Waals surface area contributed by atoms with Crippen molar-refractivity contribution in [1.82, 2.24) is 14.5 Å². The first-order valence-electron chi connectivity index (χ1n) is 12.6. The summed E-state index contributed by atoms with van der Waals surface area (Å²) in [5.74, 6) is -0.343. The molecule has 3 unspecified atom stereocenters. The number of sulfonamides is 1. The maximum absolute atomic E-state index is 13.8. The summed E-state index contributed by atoms with van der Waals surface area (Å²) >= 11 is 5.99. The summed E-state index contributed by atoms with van der Waals surface area (Å²) in [6.45, 7) is 4.65. The number of carbonyl (C=O) groups excluding carboxylic acids is 2. The summed E-state index contributed by atoms with van der Waals surface area (Å²) in [4.78, 5) is 28.4. The van der Waals surface area contributed by atoms with Crippen molar-refractivity contribution in [2.24, 2.45) is 0 Å². The van der Waals surface area contributed by atoms with Crippen LogP contribution in [-0.4, -0.2) is 54.1 Å². The van der Waals surface area contributed by atoms with E-state index in [0.29, 0.717) is 29.1 Å². The van der Waals surface area contributed by atoms with Crippen LogP contribution in [0.3, 0.4) is 0 Å². The molecule has 4 rings (SSSR count). The number of likely N-dealkylation sites (tertiary alicyclic amines) is 1. The zero-order chi connectivity index (χ0) is 25.9. The van der Waals surface area contributed by atoms with Crippen molar-refractivity contribution >= 4 is 33.4 Å².